The van der Waals surface area contributed by atoms with Gasteiger partial charge in [-0.1, -0.05) is 13.5 Å². The van der Waals surface area contributed by atoms with Gasteiger partial charge in [0, 0.05) is 86.5 Å². The molecule has 1 aliphatic heterocycles. The molecule has 6 heterocycles. The number of carbonyl (C=O) groups is 1. The first-order chi connectivity index (χ1) is 19.6. The Morgan fingerprint density at radius 3 is 2.41 bits per heavy atom. The molecule has 10 heteroatoms. The molecule has 0 spiro atoms. The number of pyridine rings is 3. The average molecular weight is 546 g/mol. The van der Waals surface area contributed by atoms with Crippen LogP contribution in [0.1, 0.15) is 31.4 Å². The van der Waals surface area contributed by atoms with Crippen molar-refractivity contribution in [2.24, 2.45) is 7.05 Å². The molecule has 2 fully saturated rings. The Morgan fingerprint density at radius 2 is 1.78 bits per heavy atom. The van der Waals surface area contributed by atoms with Crippen molar-refractivity contribution >= 4 is 17.2 Å². The Bertz CT molecular complexity index is 1750. The van der Waals surface area contributed by atoms with Gasteiger partial charge in [0.25, 0.3) is 0 Å². The fourth-order valence-corrected chi connectivity index (χ4v) is 5.72. The van der Waals surface area contributed by atoms with Crippen molar-refractivity contribution in [3.05, 3.63) is 84.8 Å². The molecule has 0 aromatic carbocycles. The van der Waals surface area contributed by atoms with Crippen LogP contribution in [0.5, 0.6) is 0 Å². The van der Waals surface area contributed by atoms with E-state index in [9.17, 15) is 10.1 Å². The molecule has 10 nitrogen and oxygen atoms in total. The van der Waals surface area contributed by atoms with Crippen molar-refractivity contribution in [3.63, 3.8) is 0 Å². The second kappa shape index (κ2) is 10.2. The van der Waals surface area contributed by atoms with Gasteiger partial charge in [0.05, 0.1) is 28.9 Å². The number of nitrogens with zero attached hydrogens (tertiary/aromatic N) is 9. The smallest absolute Gasteiger partial charge is 0.233 e. The SMILES string of the molecule is C.Cn1cc(-c2cc(-c3ccc(N4CCN(C(=O)C5(c6cccnc6)CC5)CC4)nc3)c3c(C#N)cnn3c2)cn1. The zero-order valence-corrected chi connectivity index (χ0v) is 22.1. The zero-order valence-electron chi connectivity index (χ0n) is 22.1. The van der Waals surface area contributed by atoms with Gasteiger partial charge in [-0.05, 0) is 42.7 Å². The van der Waals surface area contributed by atoms with E-state index in [-0.39, 0.29) is 18.7 Å². The summed E-state index contributed by atoms with van der Waals surface area (Å²) in [5, 5.41) is 18.4. The van der Waals surface area contributed by atoms with Gasteiger partial charge in [-0.25, -0.2) is 9.50 Å². The predicted molar refractivity (Wildman–Crippen MR) is 156 cm³/mol. The van der Waals surface area contributed by atoms with E-state index in [2.05, 4.69) is 32.2 Å². The van der Waals surface area contributed by atoms with E-state index >= 15 is 0 Å². The van der Waals surface area contributed by atoms with Gasteiger partial charge in [-0.3, -0.25) is 14.5 Å². The monoisotopic (exact) mass is 545 g/mol. The molecule has 0 bridgehead atoms. The number of nitriles is 1. The first-order valence-electron chi connectivity index (χ1n) is 13.4. The summed E-state index contributed by atoms with van der Waals surface area (Å²) in [7, 11) is 1.88. The van der Waals surface area contributed by atoms with Gasteiger partial charge < -0.3 is 9.80 Å². The summed E-state index contributed by atoms with van der Waals surface area (Å²) in [5.74, 6) is 1.09. The van der Waals surface area contributed by atoms with Crippen LogP contribution in [0.2, 0.25) is 0 Å². The maximum absolute atomic E-state index is 13.4. The summed E-state index contributed by atoms with van der Waals surface area (Å²) < 4.78 is 3.51. The van der Waals surface area contributed by atoms with Crippen molar-refractivity contribution in [1.29, 1.82) is 5.26 Å². The van der Waals surface area contributed by atoms with Crippen molar-refractivity contribution in [2.75, 3.05) is 31.1 Å². The number of fused-ring (bicyclic) bond motifs is 1. The summed E-state index contributed by atoms with van der Waals surface area (Å²) in [6, 6.07) is 12.3. The van der Waals surface area contributed by atoms with E-state index in [1.165, 1.54) is 0 Å². The number of amides is 1. The van der Waals surface area contributed by atoms with E-state index in [1.807, 2.05) is 67.2 Å². The quantitative estimate of drug-likeness (QED) is 0.327. The van der Waals surface area contributed by atoms with Gasteiger partial charge in [-0.15, -0.1) is 0 Å². The Balaban J connectivity index is 0.00000302. The molecule has 41 heavy (non-hydrogen) atoms. The van der Waals surface area contributed by atoms with Crippen LogP contribution in [0.25, 0.3) is 27.8 Å². The van der Waals surface area contributed by atoms with E-state index in [4.69, 9.17) is 4.98 Å². The minimum Gasteiger partial charge on any atom is -0.353 e. The highest BCUT2D eigenvalue weighted by atomic mass is 16.2. The molecule has 0 unspecified atom stereocenters. The number of hydrogen-bond acceptors (Lipinski definition) is 7. The van der Waals surface area contributed by atoms with Crippen LogP contribution in [0.15, 0.2) is 73.7 Å². The average Bonchev–Trinajstić information content (AvgIpc) is 3.53. The van der Waals surface area contributed by atoms with Crippen LogP contribution in [0, 0.1) is 11.3 Å². The van der Waals surface area contributed by atoms with E-state index in [1.54, 1.807) is 21.6 Å². The summed E-state index contributed by atoms with van der Waals surface area (Å²) in [4.78, 5) is 26.7. The highest BCUT2D eigenvalue weighted by molar-refractivity contribution is 5.91. The lowest BCUT2D eigenvalue weighted by atomic mass is 9.95. The molecule has 7 rings (SSSR count). The van der Waals surface area contributed by atoms with E-state index in [0.29, 0.717) is 18.7 Å². The number of anilines is 1. The second-order valence-corrected chi connectivity index (χ2v) is 10.5. The van der Waals surface area contributed by atoms with Crippen LogP contribution in [-0.4, -0.2) is 66.3 Å². The number of aromatic nitrogens is 6. The molecule has 1 amide bonds. The summed E-state index contributed by atoms with van der Waals surface area (Å²) >= 11 is 0. The van der Waals surface area contributed by atoms with E-state index in [0.717, 1.165) is 65.1 Å². The van der Waals surface area contributed by atoms with Crippen LogP contribution in [0.4, 0.5) is 5.82 Å². The lowest BCUT2D eigenvalue weighted by Gasteiger charge is -2.37. The molecule has 0 atom stereocenters. The Morgan fingerprint density at radius 1 is 0.951 bits per heavy atom. The topological polar surface area (TPSA) is 108 Å². The van der Waals surface area contributed by atoms with Gasteiger partial charge >= 0.3 is 0 Å². The highest BCUT2D eigenvalue weighted by Gasteiger charge is 2.53. The van der Waals surface area contributed by atoms with Crippen LogP contribution in [0.3, 0.4) is 0 Å². The molecule has 0 radical (unpaired) electrons. The summed E-state index contributed by atoms with van der Waals surface area (Å²) in [6.45, 7) is 2.78. The molecular formula is C31H31N9O. The standard InChI is InChI=1S/C30H27N9O.CH4/c1-36-19-24(17-34-36)22-13-26(28-23(14-31)16-35-39(28)20-22)21-4-5-27(33-15-21)37-9-11-38(12-10-37)29(40)30(6-7-30)25-3-2-8-32-18-25;/h2-5,8,13,15-20H,6-7,9-12H2,1H3;1H4. The highest BCUT2D eigenvalue weighted by Crippen LogP contribution is 2.49. The minimum atomic E-state index is -0.387. The normalized spacial score (nSPS) is 15.8. The molecule has 0 N–H and O–H groups in total. The molecule has 1 saturated carbocycles. The number of carbonyl (C=O) groups excluding carboxylic acids is 1. The number of hydrogen-bond donors (Lipinski definition) is 0. The molecule has 206 valence electrons. The third-order valence-corrected chi connectivity index (χ3v) is 8.09. The number of piperazine rings is 1. The van der Waals surface area contributed by atoms with Gasteiger partial charge in [0.15, 0.2) is 0 Å². The molecule has 2 aliphatic rings. The van der Waals surface area contributed by atoms with Crippen molar-refractivity contribution < 1.29 is 4.79 Å². The predicted octanol–water partition coefficient (Wildman–Crippen LogP) is 4.08. The molecule has 5 aromatic rings. The fourth-order valence-electron chi connectivity index (χ4n) is 5.72. The maximum Gasteiger partial charge on any atom is 0.233 e. The molecule has 5 aromatic heterocycles. The lowest BCUT2D eigenvalue weighted by molar-refractivity contribution is -0.134. The van der Waals surface area contributed by atoms with Crippen molar-refractivity contribution in [3.8, 4) is 28.3 Å². The molecule has 1 saturated heterocycles. The minimum absolute atomic E-state index is 0. The third-order valence-electron chi connectivity index (χ3n) is 8.09. The fraction of sp³-hybridized carbons (Fsp3) is 0.290. The summed E-state index contributed by atoms with van der Waals surface area (Å²) in [5.41, 5.74) is 5.60. The largest absolute Gasteiger partial charge is 0.353 e. The van der Waals surface area contributed by atoms with Gasteiger partial charge in [0.2, 0.25) is 5.91 Å². The first-order valence-corrected chi connectivity index (χ1v) is 13.4. The maximum atomic E-state index is 13.4. The van der Waals surface area contributed by atoms with Crippen LogP contribution < -0.4 is 4.90 Å². The summed E-state index contributed by atoms with van der Waals surface area (Å²) in [6.07, 6.45) is 14.5. The Hall–Kier alpha value is -5.04. The van der Waals surface area contributed by atoms with Crippen molar-refractivity contribution in [1.82, 2.24) is 34.3 Å². The lowest BCUT2D eigenvalue weighted by Crippen LogP contribution is -2.51. The van der Waals surface area contributed by atoms with Gasteiger partial charge in [-0.2, -0.15) is 15.5 Å². The Kier molecular flexibility index (Phi) is 6.50. The van der Waals surface area contributed by atoms with E-state index < -0.39 is 0 Å². The molecular weight excluding hydrogens is 514 g/mol. The molecule has 1 aliphatic carbocycles. The second-order valence-electron chi connectivity index (χ2n) is 10.5. The van der Waals surface area contributed by atoms with Gasteiger partial charge in [0.1, 0.15) is 11.9 Å². The van der Waals surface area contributed by atoms with Crippen LogP contribution >= 0.6 is 0 Å². The zero-order chi connectivity index (χ0) is 27.3. The van der Waals surface area contributed by atoms with Crippen molar-refractivity contribution in [2.45, 2.75) is 25.7 Å². The Labute approximate surface area is 238 Å². The third kappa shape index (κ3) is 4.49. The van der Waals surface area contributed by atoms with Crippen LogP contribution in [-0.2, 0) is 17.3 Å². The number of aryl methyl sites for hydroxylation is 1. The number of rotatable bonds is 5. The first kappa shape index (κ1) is 26.2.